The molecule has 0 atom stereocenters. The Balaban J connectivity index is 2.40. The second-order valence-electron chi connectivity index (χ2n) is 3.45. The van der Waals surface area contributed by atoms with Crippen molar-refractivity contribution in [1.82, 2.24) is 0 Å². The normalized spacial score (nSPS) is 11.8. The van der Waals surface area contributed by atoms with Crippen molar-refractivity contribution in [2.75, 3.05) is 6.54 Å². The number of benzene rings is 1. The van der Waals surface area contributed by atoms with Crippen molar-refractivity contribution in [1.29, 1.82) is 0 Å². The first kappa shape index (κ1) is 13.6. The monoisotopic (exact) mass is 300 g/mol. The van der Waals surface area contributed by atoms with Gasteiger partial charge in [0.2, 0.25) is 0 Å². The van der Waals surface area contributed by atoms with Crippen molar-refractivity contribution in [2.24, 2.45) is 10.7 Å². The molecule has 0 aliphatic heterocycles. The third-order valence-corrected chi connectivity index (χ3v) is 3.77. The number of hydrogen-bond acceptors (Lipinski definition) is 2. The van der Waals surface area contributed by atoms with Gasteiger partial charge in [0.15, 0.2) is 5.17 Å². The molecule has 1 aromatic rings. The molecule has 1 rings (SSSR count). The van der Waals surface area contributed by atoms with E-state index in [2.05, 4.69) is 33.9 Å². The Bertz CT molecular complexity index is 353. The van der Waals surface area contributed by atoms with E-state index in [1.54, 1.807) is 11.8 Å². The molecular weight excluding hydrogens is 284 g/mol. The fraction of sp³-hybridized carbons (Fsp3) is 0.417. The molecular formula is C12H17BrN2S. The van der Waals surface area contributed by atoms with Crippen LogP contribution in [0.5, 0.6) is 0 Å². The molecule has 0 aliphatic carbocycles. The van der Waals surface area contributed by atoms with Crippen molar-refractivity contribution in [2.45, 2.75) is 25.5 Å². The SMILES string of the molecule is CCCCN=C(N)SCc1ccccc1Br. The summed E-state index contributed by atoms with van der Waals surface area (Å²) in [5.74, 6) is 0.864. The summed E-state index contributed by atoms with van der Waals surface area (Å²) in [6.07, 6.45) is 2.27. The van der Waals surface area contributed by atoms with E-state index < -0.39 is 0 Å². The van der Waals surface area contributed by atoms with Gasteiger partial charge >= 0.3 is 0 Å². The molecule has 0 saturated heterocycles. The number of nitrogens with zero attached hydrogens (tertiary/aromatic N) is 1. The van der Waals surface area contributed by atoms with E-state index in [9.17, 15) is 0 Å². The first-order valence-electron chi connectivity index (χ1n) is 5.40. The second-order valence-corrected chi connectivity index (χ2v) is 5.30. The fourth-order valence-electron chi connectivity index (χ4n) is 1.16. The van der Waals surface area contributed by atoms with Crippen LogP contribution in [0, 0.1) is 0 Å². The van der Waals surface area contributed by atoms with Crippen LogP contribution in [0.25, 0.3) is 0 Å². The van der Waals surface area contributed by atoms with Gasteiger partial charge in [-0.15, -0.1) is 0 Å². The number of hydrogen-bond donors (Lipinski definition) is 1. The average Bonchev–Trinajstić information content (AvgIpc) is 2.28. The van der Waals surface area contributed by atoms with Crippen LogP contribution in [0.1, 0.15) is 25.3 Å². The lowest BCUT2D eigenvalue weighted by Crippen LogP contribution is -2.07. The Morgan fingerprint density at radius 2 is 2.19 bits per heavy atom. The van der Waals surface area contributed by atoms with Crippen molar-refractivity contribution in [3.63, 3.8) is 0 Å². The molecule has 0 bridgehead atoms. The van der Waals surface area contributed by atoms with E-state index in [0.29, 0.717) is 5.17 Å². The molecule has 0 aliphatic rings. The number of halogens is 1. The highest BCUT2D eigenvalue weighted by Gasteiger charge is 2.00. The molecule has 88 valence electrons. The van der Waals surface area contributed by atoms with Crippen LogP contribution in [0.2, 0.25) is 0 Å². The zero-order valence-corrected chi connectivity index (χ0v) is 11.9. The van der Waals surface area contributed by atoms with Gasteiger partial charge in [-0.3, -0.25) is 4.99 Å². The highest BCUT2D eigenvalue weighted by Crippen LogP contribution is 2.21. The van der Waals surface area contributed by atoms with Gasteiger partial charge in [-0.05, 0) is 18.1 Å². The third-order valence-electron chi connectivity index (χ3n) is 2.11. The van der Waals surface area contributed by atoms with Crippen molar-refractivity contribution in [3.8, 4) is 0 Å². The van der Waals surface area contributed by atoms with Crippen LogP contribution < -0.4 is 5.73 Å². The smallest absolute Gasteiger partial charge is 0.154 e. The molecule has 16 heavy (non-hydrogen) atoms. The average molecular weight is 301 g/mol. The lowest BCUT2D eigenvalue weighted by Gasteiger charge is -2.03. The highest BCUT2D eigenvalue weighted by molar-refractivity contribution is 9.10. The van der Waals surface area contributed by atoms with E-state index in [-0.39, 0.29) is 0 Å². The van der Waals surface area contributed by atoms with Crippen molar-refractivity contribution >= 4 is 32.9 Å². The van der Waals surface area contributed by atoms with E-state index >= 15 is 0 Å². The molecule has 0 unspecified atom stereocenters. The topological polar surface area (TPSA) is 38.4 Å². The number of amidine groups is 1. The van der Waals surface area contributed by atoms with Crippen molar-refractivity contribution < 1.29 is 0 Å². The van der Waals surface area contributed by atoms with Crippen LogP contribution in [0.4, 0.5) is 0 Å². The maximum atomic E-state index is 5.81. The summed E-state index contributed by atoms with van der Waals surface area (Å²) >= 11 is 5.11. The summed E-state index contributed by atoms with van der Waals surface area (Å²) in [5.41, 5.74) is 7.06. The van der Waals surface area contributed by atoms with Crippen molar-refractivity contribution in [3.05, 3.63) is 34.3 Å². The summed E-state index contributed by atoms with van der Waals surface area (Å²) in [6.45, 7) is 2.99. The standard InChI is InChI=1S/C12H17BrN2S/c1-2-3-8-15-12(14)16-9-10-6-4-5-7-11(10)13/h4-7H,2-3,8-9H2,1H3,(H2,14,15). The summed E-state index contributed by atoms with van der Waals surface area (Å²) in [7, 11) is 0. The number of unbranched alkanes of at least 4 members (excludes halogenated alkanes) is 1. The minimum atomic E-state index is 0.684. The van der Waals surface area contributed by atoms with E-state index in [1.165, 1.54) is 5.56 Å². The highest BCUT2D eigenvalue weighted by atomic mass is 79.9. The molecule has 2 nitrogen and oxygen atoms in total. The zero-order valence-electron chi connectivity index (χ0n) is 9.45. The maximum absolute atomic E-state index is 5.81. The molecule has 0 amide bonds. The summed E-state index contributed by atoms with van der Waals surface area (Å²) in [6, 6.07) is 8.18. The summed E-state index contributed by atoms with van der Waals surface area (Å²) in [4.78, 5) is 4.30. The molecule has 0 heterocycles. The fourth-order valence-corrected chi connectivity index (χ4v) is 2.51. The van der Waals surface area contributed by atoms with E-state index in [0.717, 1.165) is 29.6 Å². The third kappa shape index (κ3) is 5.03. The van der Waals surface area contributed by atoms with Crippen LogP contribution in [-0.2, 0) is 5.75 Å². The Morgan fingerprint density at radius 3 is 2.88 bits per heavy atom. The number of aliphatic imine (C=N–C) groups is 1. The molecule has 4 heteroatoms. The molecule has 1 aromatic carbocycles. The van der Waals surface area contributed by atoms with Gasteiger partial charge < -0.3 is 5.73 Å². The number of rotatable bonds is 5. The quantitative estimate of drug-likeness (QED) is 0.510. The van der Waals surface area contributed by atoms with Crippen LogP contribution in [-0.4, -0.2) is 11.7 Å². The summed E-state index contributed by atoms with van der Waals surface area (Å²) in [5, 5.41) is 0.684. The number of nitrogens with two attached hydrogens (primary N) is 1. The second kappa shape index (κ2) is 7.74. The minimum Gasteiger partial charge on any atom is -0.379 e. The first-order valence-corrected chi connectivity index (χ1v) is 7.18. The zero-order chi connectivity index (χ0) is 11.8. The molecule has 0 spiro atoms. The Labute approximate surface area is 110 Å². The Kier molecular flexibility index (Phi) is 6.57. The van der Waals surface area contributed by atoms with E-state index in [4.69, 9.17) is 5.73 Å². The molecule has 2 N–H and O–H groups in total. The van der Waals surface area contributed by atoms with Gasteiger partial charge in [-0.2, -0.15) is 0 Å². The molecule has 0 saturated carbocycles. The predicted molar refractivity (Wildman–Crippen MR) is 76.8 cm³/mol. The predicted octanol–water partition coefficient (Wildman–Crippen LogP) is 3.80. The maximum Gasteiger partial charge on any atom is 0.154 e. The largest absolute Gasteiger partial charge is 0.379 e. The van der Waals surface area contributed by atoms with Crippen LogP contribution >= 0.6 is 27.7 Å². The first-order chi connectivity index (χ1) is 7.74. The lowest BCUT2D eigenvalue weighted by molar-refractivity contribution is 0.809. The Hall–Kier alpha value is -0.480. The minimum absolute atomic E-state index is 0.684. The van der Waals surface area contributed by atoms with Crippen LogP contribution in [0.3, 0.4) is 0 Å². The van der Waals surface area contributed by atoms with Gasteiger partial charge in [0, 0.05) is 16.8 Å². The van der Waals surface area contributed by atoms with E-state index in [1.807, 2.05) is 18.2 Å². The number of thioether (sulfide) groups is 1. The van der Waals surface area contributed by atoms with Gasteiger partial charge in [-0.25, -0.2) is 0 Å². The Morgan fingerprint density at radius 1 is 1.44 bits per heavy atom. The van der Waals surface area contributed by atoms with Crippen LogP contribution in [0.15, 0.2) is 33.7 Å². The van der Waals surface area contributed by atoms with Gasteiger partial charge in [0.1, 0.15) is 0 Å². The lowest BCUT2D eigenvalue weighted by atomic mass is 10.2. The van der Waals surface area contributed by atoms with Gasteiger partial charge in [0.05, 0.1) is 0 Å². The van der Waals surface area contributed by atoms with Gasteiger partial charge in [-0.1, -0.05) is 59.2 Å². The molecule has 0 fully saturated rings. The molecule has 0 radical (unpaired) electrons. The summed E-state index contributed by atoms with van der Waals surface area (Å²) < 4.78 is 1.13. The van der Waals surface area contributed by atoms with Gasteiger partial charge in [0.25, 0.3) is 0 Å². The molecule has 0 aromatic heterocycles.